The van der Waals surface area contributed by atoms with Gasteiger partial charge < -0.3 is 9.15 Å². The molecule has 1 aromatic carbocycles. The topological polar surface area (TPSA) is 109 Å². The van der Waals surface area contributed by atoms with Gasteiger partial charge in [-0.2, -0.15) is 5.10 Å². The highest BCUT2D eigenvalue weighted by molar-refractivity contribution is 5.28. The SMILES string of the molecule is COc1ccc(Cc2nnc(Cn3cc([N+](=O)[O-])cn3)o2)cc1. The van der Waals surface area contributed by atoms with Gasteiger partial charge in [-0.15, -0.1) is 10.2 Å². The summed E-state index contributed by atoms with van der Waals surface area (Å²) in [6, 6.07) is 7.55. The maximum Gasteiger partial charge on any atom is 0.307 e. The minimum Gasteiger partial charge on any atom is -0.497 e. The molecule has 0 radical (unpaired) electrons. The Morgan fingerprint density at radius 2 is 2.00 bits per heavy atom. The van der Waals surface area contributed by atoms with E-state index in [1.54, 1.807) is 7.11 Å². The van der Waals surface area contributed by atoms with Crippen LogP contribution in [0.2, 0.25) is 0 Å². The lowest BCUT2D eigenvalue weighted by Gasteiger charge is -2.00. The van der Waals surface area contributed by atoms with Crippen molar-refractivity contribution in [1.29, 1.82) is 0 Å². The standard InChI is InChI=1S/C14H13N5O4/c1-22-12-4-2-10(3-5-12)6-13-16-17-14(23-13)9-18-8-11(7-15-18)19(20)21/h2-5,7-8H,6,9H2,1H3. The molecule has 0 saturated carbocycles. The van der Waals surface area contributed by atoms with Gasteiger partial charge in [-0.1, -0.05) is 12.1 Å². The van der Waals surface area contributed by atoms with Crippen LogP contribution < -0.4 is 4.74 Å². The van der Waals surface area contributed by atoms with Crippen molar-refractivity contribution in [3.63, 3.8) is 0 Å². The summed E-state index contributed by atoms with van der Waals surface area (Å²) in [7, 11) is 1.61. The van der Waals surface area contributed by atoms with Crippen LogP contribution in [0.4, 0.5) is 5.69 Å². The summed E-state index contributed by atoms with van der Waals surface area (Å²) >= 11 is 0. The average molecular weight is 315 g/mol. The Kier molecular flexibility index (Phi) is 4.00. The molecule has 0 unspecified atom stereocenters. The van der Waals surface area contributed by atoms with Gasteiger partial charge in [0.25, 0.3) is 0 Å². The first-order valence-corrected chi connectivity index (χ1v) is 6.75. The summed E-state index contributed by atoms with van der Waals surface area (Å²) in [6.07, 6.45) is 2.98. The fourth-order valence-corrected chi connectivity index (χ4v) is 2.01. The third-order valence-corrected chi connectivity index (χ3v) is 3.15. The quantitative estimate of drug-likeness (QED) is 0.504. The number of nitro groups is 1. The van der Waals surface area contributed by atoms with Crippen LogP contribution in [0, 0.1) is 10.1 Å². The van der Waals surface area contributed by atoms with E-state index in [0.29, 0.717) is 18.2 Å². The number of benzene rings is 1. The van der Waals surface area contributed by atoms with Crippen molar-refractivity contribution >= 4 is 5.69 Å². The molecule has 0 aliphatic carbocycles. The molecule has 3 rings (SSSR count). The van der Waals surface area contributed by atoms with Crippen molar-refractivity contribution in [1.82, 2.24) is 20.0 Å². The summed E-state index contributed by atoms with van der Waals surface area (Å²) in [5.74, 6) is 1.58. The maximum atomic E-state index is 10.6. The molecule has 0 aliphatic heterocycles. The van der Waals surface area contributed by atoms with Gasteiger partial charge in [-0.05, 0) is 17.7 Å². The Morgan fingerprint density at radius 1 is 1.26 bits per heavy atom. The summed E-state index contributed by atoms with van der Waals surface area (Å²) < 4.78 is 12.0. The Balaban J connectivity index is 1.65. The number of nitrogens with zero attached hydrogens (tertiary/aromatic N) is 5. The number of aromatic nitrogens is 4. The third kappa shape index (κ3) is 3.51. The van der Waals surface area contributed by atoms with Crippen molar-refractivity contribution in [3.05, 3.63) is 64.1 Å². The second kappa shape index (κ2) is 6.26. The van der Waals surface area contributed by atoms with Crippen LogP contribution in [0.25, 0.3) is 0 Å². The summed E-state index contributed by atoms with van der Waals surface area (Å²) in [4.78, 5) is 10.1. The summed E-state index contributed by atoms with van der Waals surface area (Å²) in [6.45, 7) is 0.184. The van der Waals surface area contributed by atoms with Crippen LogP contribution in [0.1, 0.15) is 17.3 Å². The highest BCUT2D eigenvalue weighted by Gasteiger charge is 2.12. The highest BCUT2D eigenvalue weighted by atomic mass is 16.6. The van der Waals surface area contributed by atoms with Crippen LogP contribution >= 0.6 is 0 Å². The third-order valence-electron chi connectivity index (χ3n) is 3.15. The first-order valence-electron chi connectivity index (χ1n) is 6.75. The van der Waals surface area contributed by atoms with Gasteiger partial charge in [-0.3, -0.25) is 14.8 Å². The van der Waals surface area contributed by atoms with Crippen LogP contribution in [-0.4, -0.2) is 32.0 Å². The van der Waals surface area contributed by atoms with Crippen LogP contribution in [0.15, 0.2) is 41.1 Å². The van der Waals surface area contributed by atoms with Crippen molar-refractivity contribution in [2.75, 3.05) is 7.11 Å². The Bertz CT molecular complexity index is 809. The number of hydrogen-bond acceptors (Lipinski definition) is 7. The van der Waals surface area contributed by atoms with Gasteiger partial charge in [0.15, 0.2) is 0 Å². The van der Waals surface area contributed by atoms with E-state index in [4.69, 9.17) is 9.15 Å². The van der Waals surface area contributed by atoms with E-state index in [1.807, 2.05) is 24.3 Å². The van der Waals surface area contributed by atoms with Crippen LogP contribution in [0.5, 0.6) is 5.75 Å². The molecule has 23 heavy (non-hydrogen) atoms. The first-order chi connectivity index (χ1) is 11.1. The molecule has 0 amide bonds. The summed E-state index contributed by atoms with van der Waals surface area (Å²) in [5.41, 5.74) is 0.929. The molecule has 0 atom stereocenters. The zero-order chi connectivity index (χ0) is 16.2. The average Bonchev–Trinajstić information content (AvgIpc) is 3.18. The molecule has 9 nitrogen and oxygen atoms in total. The van der Waals surface area contributed by atoms with Gasteiger partial charge in [0.05, 0.1) is 18.5 Å². The van der Waals surface area contributed by atoms with E-state index < -0.39 is 4.92 Å². The number of ether oxygens (including phenoxy) is 1. The Hall–Kier alpha value is -3.23. The lowest BCUT2D eigenvalue weighted by Crippen LogP contribution is -2.00. The molecule has 2 heterocycles. The monoisotopic (exact) mass is 315 g/mol. The molecule has 9 heteroatoms. The minimum absolute atomic E-state index is 0.0806. The van der Waals surface area contributed by atoms with E-state index in [0.717, 1.165) is 11.3 Å². The molecular formula is C14H13N5O4. The van der Waals surface area contributed by atoms with Crippen LogP contribution in [0.3, 0.4) is 0 Å². The van der Waals surface area contributed by atoms with E-state index in [1.165, 1.54) is 17.1 Å². The predicted molar refractivity (Wildman–Crippen MR) is 78.1 cm³/mol. The molecule has 0 spiro atoms. The molecular weight excluding hydrogens is 302 g/mol. The molecule has 0 bridgehead atoms. The Morgan fingerprint density at radius 3 is 2.65 bits per heavy atom. The minimum atomic E-state index is -0.508. The first kappa shape index (κ1) is 14.7. The second-order valence-electron chi connectivity index (χ2n) is 4.77. The molecule has 2 aromatic heterocycles. The number of rotatable bonds is 6. The predicted octanol–water partition coefficient (Wildman–Crippen LogP) is 1.82. The van der Waals surface area contributed by atoms with Gasteiger partial charge in [0.1, 0.15) is 24.7 Å². The molecule has 0 saturated heterocycles. The zero-order valence-corrected chi connectivity index (χ0v) is 12.2. The normalized spacial score (nSPS) is 10.7. The second-order valence-corrected chi connectivity index (χ2v) is 4.77. The zero-order valence-electron chi connectivity index (χ0n) is 12.2. The van der Waals surface area contributed by atoms with Gasteiger partial charge in [0, 0.05) is 0 Å². The number of methoxy groups -OCH3 is 1. The molecule has 0 fully saturated rings. The van der Waals surface area contributed by atoms with Crippen molar-refractivity contribution < 1.29 is 14.1 Å². The summed E-state index contributed by atoms with van der Waals surface area (Å²) in [5, 5.41) is 22.4. The molecule has 0 aliphatic rings. The maximum absolute atomic E-state index is 10.6. The lowest BCUT2D eigenvalue weighted by atomic mass is 10.1. The largest absolute Gasteiger partial charge is 0.497 e. The van der Waals surface area contributed by atoms with Crippen molar-refractivity contribution in [2.24, 2.45) is 0 Å². The van der Waals surface area contributed by atoms with Crippen molar-refractivity contribution in [2.45, 2.75) is 13.0 Å². The van der Waals surface area contributed by atoms with E-state index in [9.17, 15) is 10.1 Å². The molecule has 118 valence electrons. The van der Waals surface area contributed by atoms with Gasteiger partial charge >= 0.3 is 5.69 Å². The van der Waals surface area contributed by atoms with E-state index in [2.05, 4.69) is 15.3 Å². The van der Waals surface area contributed by atoms with Crippen molar-refractivity contribution in [3.8, 4) is 5.75 Å². The molecule has 0 N–H and O–H groups in total. The van der Waals surface area contributed by atoms with E-state index in [-0.39, 0.29) is 12.2 Å². The smallest absolute Gasteiger partial charge is 0.307 e. The lowest BCUT2D eigenvalue weighted by molar-refractivity contribution is -0.385. The highest BCUT2D eigenvalue weighted by Crippen LogP contribution is 2.15. The number of hydrogen-bond donors (Lipinski definition) is 0. The van der Waals surface area contributed by atoms with Gasteiger partial charge in [0.2, 0.25) is 11.8 Å². The fraction of sp³-hybridized carbons (Fsp3) is 0.214. The Labute approximate surface area is 130 Å². The molecule has 3 aromatic rings. The van der Waals surface area contributed by atoms with Crippen LogP contribution in [-0.2, 0) is 13.0 Å². The van der Waals surface area contributed by atoms with Gasteiger partial charge in [-0.25, -0.2) is 0 Å². The van der Waals surface area contributed by atoms with E-state index >= 15 is 0 Å². The fourth-order valence-electron chi connectivity index (χ4n) is 2.01.